The van der Waals surface area contributed by atoms with Gasteiger partial charge in [0, 0.05) is 23.0 Å². The number of hydrogen-bond donors (Lipinski definition) is 0. The second kappa shape index (κ2) is 5.10. The predicted molar refractivity (Wildman–Crippen MR) is 82.2 cm³/mol. The van der Waals surface area contributed by atoms with Crippen LogP contribution in [0.15, 0.2) is 47.8 Å². The van der Waals surface area contributed by atoms with E-state index in [9.17, 15) is 4.79 Å². The van der Waals surface area contributed by atoms with Gasteiger partial charge in [-0.2, -0.15) is 5.10 Å². The molecule has 22 heavy (non-hydrogen) atoms. The zero-order chi connectivity index (χ0) is 15.1. The molecule has 0 spiro atoms. The lowest BCUT2D eigenvalue weighted by Gasteiger charge is -2.22. The summed E-state index contributed by atoms with van der Waals surface area (Å²) < 4.78 is 5.74. The zero-order valence-electron chi connectivity index (χ0n) is 11.6. The van der Waals surface area contributed by atoms with Gasteiger partial charge in [-0.15, -0.1) is 0 Å². The van der Waals surface area contributed by atoms with Crippen molar-refractivity contribution in [2.24, 2.45) is 11.0 Å². The summed E-state index contributed by atoms with van der Waals surface area (Å²) in [4.78, 5) is 16.5. The van der Waals surface area contributed by atoms with Crippen LogP contribution in [-0.2, 0) is 0 Å². The Bertz CT molecular complexity index is 776. The average molecular weight is 314 g/mol. The quantitative estimate of drug-likeness (QED) is 0.813. The minimum Gasteiger partial charge on any atom is -0.492 e. The van der Waals surface area contributed by atoms with E-state index in [2.05, 4.69) is 10.1 Å². The molecule has 0 aliphatic carbocycles. The van der Waals surface area contributed by atoms with Gasteiger partial charge in [0.1, 0.15) is 5.75 Å². The molecular weight excluding hydrogens is 302 g/mol. The molecule has 6 heteroatoms. The van der Waals surface area contributed by atoms with Crippen LogP contribution in [0.25, 0.3) is 0 Å². The molecule has 0 saturated carbocycles. The second-order valence-electron chi connectivity index (χ2n) is 5.26. The van der Waals surface area contributed by atoms with Crippen molar-refractivity contribution in [1.29, 1.82) is 0 Å². The van der Waals surface area contributed by atoms with Gasteiger partial charge >= 0.3 is 0 Å². The van der Waals surface area contributed by atoms with Crippen molar-refractivity contribution in [3.05, 3.63) is 58.9 Å². The maximum atomic E-state index is 12.5. The number of carbonyl (C=O) groups is 1. The predicted octanol–water partition coefficient (Wildman–Crippen LogP) is 2.60. The van der Waals surface area contributed by atoms with Gasteiger partial charge in [0.25, 0.3) is 5.91 Å². The number of halogens is 1. The summed E-state index contributed by atoms with van der Waals surface area (Å²) in [5.74, 6) is 0.665. The Balaban J connectivity index is 1.68. The molecule has 2 aromatic rings. The van der Waals surface area contributed by atoms with Crippen LogP contribution in [0, 0.1) is 5.92 Å². The molecule has 1 amide bonds. The van der Waals surface area contributed by atoms with E-state index in [4.69, 9.17) is 16.3 Å². The Kier molecular flexibility index (Phi) is 3.08. The highest BCUT2D eigenvalue weighted by Gasteiger charge is 2.36. The van der Waals surface area contributed by atoms with Crippen LogP contribution >= 0.6 is 11.6 Å². The van der Waals surface area contributed by atoms with Crippen LogP contribution in [-0.4, -0.2) is 34.8 Å². The van der Waals surface area contributed by atoms with Gasteiger partial charge in [-0.25, -0.2) is 5.01 Å². The van der Waals surface area contributed by atoms with E-state index in [1.54, 1.807) is 36.7 Å². The van der Waals surface area contributed by atoms with E-state index in [1.807, 2.05) is 6.07 Å². The summed E-state index contributed by atoms with van der Waals surface area (Å²) in [7, 11) is 0. The Morgan fingerprint density at radius 2 is 2.27 bits per heavy atom. The molecule has 2 aliphatic heterocycles. The minimum atomic E-state index is -0.148. The summed E-state index contributed by atoms with van der Waals surface area (Å²) in [5.41, 5.74) is 2.32. The Hall–Kier alpha value is -2.40. The molecule has 110 valence electrons. The van der Waals surface area contributed by atoms with Gasteiger partial charge in [0.15, 0.2) is 0 Å². The highest BCUT2D eigenvalue weighted by Crippen LogP contribution is 2.33. The normalized spacial score (nSPS) is 19.0. The van der Waals surface area contributed by atoms with Gasteiger partial charge in [-0.1, -0.05) is 11.6 Å². The van der Waals surface area contributed by atoms with Crippen LogP contribution in [0.3, 0.4) is 0 Å². The Morgan fingerprint density at radius 1 is 1.36 bits per heavy atom. The molecule has 0 saturated heterocycles. The van der Waals surface area contributed by atoms with Gasteiger partial charge < -0.3 is 4.74 Å². The second-order valence-corrected chi connectivity index (χ2v) is 5.70. The lowest BCUT2D eigenvalue weighted by molar-refractivity contribution is 0.0760. The highest BCUT2D eigenvalue weighted by molar-refractivity contribution is 6.31. The fourth-order valence-electron chi connectivity index (χ4n) is 2.74. The average Bonchev–Trinajstić information content (AvgIpc) is 2.99. The van der Waals surface area contributed by atoms with Crippen molar-refractivity contribution in [1.82, 2.24) is 9.99 Å². The van der Waals surface area contributed by atoms with Gasteiger partial charge in [0.05, 0.1) is 30.3 Å². The van der Waals surface area contributed by atoms with Crippen molar-refractivity contribution in [3.63, 3.8) is 0 Å². The van der Waals surface area contributed by atoms with Crippen molar-refractivity contribution in [3.8, 4) is 5.75 Å². The number of aromatic nitrogens is 1. The molecule has 0 fully saturated rings. The van der Waals surface area contributed by atoms with Crippen LogP contribution in [0.2, 0.25) is 5.02 Å². The van der Waals surface area contributed by atoms with Crippen LogP contribution in [0.4, 0.5) is 0 Å². The monoisotopic (exact) mass is 313 g/mol. The maximum Gasteiger partial charge on any atom is 0.275 e. The minimum absolute atomic E-state index is 0.0919. The molecule has 1 aromatic carbocycles. The number of nitrogens with zero attached hydrogens (tertiary/aromatic N) is 3. The molecule has 1 unspecified atom stereocenters. The van der Waals surface area contributed by atoms with E-state index in [0.29, 0.717) is 23.7 Å². The standard InChI is InChI=1S/C16H12ClN3O2/c17-12-3-4-13-14(6-12)22-9-11-8-20(19-15(11)13)16(21)10-2-1-5-18-7-10/h1-7,11H,8-9H2. The van der Waals surface area contributed by atoms with E-state index in [-0.39, 0.29) is 11.8 Å². The summed E-state index contributed by atoms with van der Waals surface area (Å²) in [5, 5.41) is 6.62. The van der Waals surface area contributed by atoms with Gasteiger partial charge in [0.2, 0.25) is 0 Å². The van der Waals surface area contributed by atoms with Crippen LogP contribution in [0.1, 0.15) is 15.9 Å². The number of ether oxygens (including phenoxy) is 1. The third-order valence-electron chi connectivity index (χ3n) is 3.81. The fourth-order valence-corrected chi connectivity index (χ4v) is 2.90. The first-order valence-corrected chi connectivity index (χ1v) is 7.33. The SMILES string of the molecule is O=C(c1cccnc1)N1CC2COc3cc(Cl)ccc3C2=N1. The molecular formula is C16H12ClN3O2. The molecule has 0 N–H and O–H groups in total. The maximum absolute atomic E-state index is 12.5. The van der Waals surface area contributed by atoms with Gasteiger partial charge in [-0.3, -0.25) is 9.78 Å². The summed E-state index contributed by atoms with van der Waals surface area (Å²) in [6.45, 7) is 1.02. The number of fused-ring (bicyclic) bond motifs is 3. The number of benzene rings is 1. The first-order valence-electron chi connectivity index (χ1n) is 6.95. The molecule has 5 nitrogen and oxygen atoms in total. The number of pyridine rings is 1. The van der Waals surface area contributed by atoms with Crippen molar-refractivity contribution < 1.29 is 9.53 Å². The lowest BCUT2D eigenvalue weighted by Crippen LogP contribution is -2.31. The van der Waals surface area contributed by atoms with Crippen molar-refractivity contribution >= 4 is 23.2 Å². The molecule has 0 radical (unpaired) electrons. The van der Waals surface area contributed by atoms with Crippen molar-refractivity contribution in [2.75, 3.05) is 13.2 Å². The first kappa shape index (κ1) is 13.3. The first-order chi connectivity index (χ1) is 10.7. The van der Waals surface area contributed by atoms with E-state index in [0.717, 1.165) is 17.0 Å². The van der Waals surface area contributed by atoms with Crippen LogP contribution in [0.5, 0.6) is 5.75 Å². The fraction of sp³-hybridized carbons (Fsp3) is 0.188. The molecule has 4 rings (SSSR count). The smallest absolute Gasteiger partial charge is 0.275 e. The van der Waals surface area contributed by atoms with E-state index < -0.39 is 0 Å². The number of carbonyl (C=O) groups excluding carboxylic acids is 1. The molecule has 1 aromatic heterocycles. The zero-order valence-corrected chi connectivity index (χ0v) is 12.3. The number of rotatable bonds is 1. The molecule has 0 bridgehead atoms. The third-order valence-corrected chi connectivity index (χ3v) is 4.05. The number of hydrogen-bond acceptors (Lipinski definition) is 4. The largest absolute Gasteiger partial charge is 0.492 e. The van der Waals surface area contributed by atoms with Gasteiger partial charge in [-0.05, 0) is 30.3 Å². The Morgan fingerprint density at radius 3 is 3.09 bits per heavy atom. The summed E-state index contributed by atoms with van der Waals surface area (Å²) >= 11 is 5.99. The summed E-state index contributed by atoms with van der Waals surface area (Å²) in [6, 6.07) is 8.95. The number of amides is 1. The van der Waals surface area contributed by atoms with E-state index in [1.165, 1.54) is 5.01 Å². The summed E-state index contributed by atoms with van der Waals surface area (Å²) in [6.07, 6.45) is 3.19. The van der Waals surface area contributed by atoms with Crippen LogP contribution < -0.4 is 4.74 Å². The highest BCUT2D eigenvalue weighted by atomic mass is 35.5. The topological polar surface area (TPSA) is 54.8 Å². The van der Waals surface area contributed by atoms with Crippen molar-refractivity contribution in [2.45, 2.75) is 0 Å². The molecule has 1 atom stereocenters. The third kappa shape index (κ3) is 2.14. The Labute approximate surface area is 132 Å². The van der Waals surface area contributed by atoms with E-state index >= 15 is 0 Å². The number of hydrazone groups is 1. The molecule has 2 aliphatic rings. The molecule has 3 heterocycles. The lowest BCUT2D eigenvalue weighted by atomic mass is 9.95.